The van der Waals surface area contributed by atoms with Crippen LogP contribution in [0.2, 0.25) is 0 Å². The van der Waals surface area contributed by atoms with Gasteiger partial charge in [0.05, 0.1) is 23.6 Å². The maximum Gasteiger partial charge on any atom is 0.338 e. The monoisotopic (exact) mass is 423 g/mol. The largest absolute Gasteiger partial charge is 0.494 e. The van der Waals surface area contributed by atoms with Crippen molar-refractivity contribution in [1.82, 2.24) is 9.36 Å². The van der Waals surface area contributed by atoms with Gasteiger partial charge in [0.25, 0.3) is 11.5 Å². The number of anilines is 1. The zero-order chi connectivity index (χ0) is 22.5. The van der Waals surface area contributed by atoms with Crippen LogP contribution in [0.5, 0.6) is 5.75 Å². The number of rotatable bonds is 7. The van der Waals surface area contributed by atoms with Gasteiger partial charge in [-0.15, -0.1) is 0 Å². The molecule has 1 atom stereocenters. The van der Waals surface area contributed by atoms with Crippen molar-refractivity contribution >= 4 is 17.6 Å². The Morgan fingerprint density at radius 2 is 1.71 bits per heavy atom. The SMILES string of the molecule is CCOc1ccc(C(=O)O[C@H](C)C(=O)Nc2c(C)n(C)n(-c3ccccc3)c2=O)cc1. The van der Waals surface area contributed by atoms with Crippen LogP contribution in [0, 0.1) is 6.92 Å². The molecular weight excluding hydrogens is 398 g/mol. The summed E-state index contributed by atoms with van der Waals surface area (Å²) in [5.74, 6) is -0.596. The van der Waals surface area contributed by atoms with Crippen molar-refractivity contribution in [2.45, 2.75) is 26.9 Å². The van der Waals surface area contributed by atoms with Crippen molar-refractivity contribution in [3.8, 4) is 11.4 Å². The quantitative estimate of drug-likeness (QED) is 0.590. The molecule has 1 N–H and O–H groups in total. The number of nitrogens with zero attached hydrogens (tertiary/aromatic N) is 2. The Kier molecular flexibility index (Phi) is 6.59. The van der Waals surface area contributed by atoms with Gasteiger partial charge in [0.2, 0.25) is 0 Å². The molecule has 0 bridgehead atoms. The van der Waals surface area contributed by atoms with Crippen molar-refractivity contribution in [3.05, 3.63) is 76.2 Å². The minimum absolute atomic E-state index is 0.139. The van der Waals surface area contributed by atoms with Crippen LogP contribution in [0.4, 0.5) is 5.69 Å². The zero-order valence-electron chi connectivity index (χ0n) is 17.9. The first-order chi connectivity index (χ1) is 14.8. The lowest BCUT2D eigenvalue weighted by Gasteiger charge is -2.13. The predicted octanol–water partition coefficient (Wildman–Crippen LogP) is 3.07. The molecule has 0 aliphatic heterocycles. The van der Waals surface area contributed by atoms with E-state index >= 15 is 0 Å². The maximum atomic E-state index is 12.9. The highest BCUT2D eigenvalue weighted by Gasteiger charge is 2.23. The van der Waals surface area contributed by atoms with Gasteiger partial charge in [0.1, 0.15) is 11.4 Å². The smallest absolute Gasteiger partial charge is 0.338 e. The van der Waals surface area contributed by atoms with Gasteiger partial charge >= 0.3 is 5.97 Å². The molecule has 31 heavy (non-hydrogen) atoms. The summed E-state index contributed by atoms with van der Waals surface area (Å²) in [7, 11) is 1.73. The molecule has 8 heteroatoms. The number of esters is 1. The van der Waals surface area contributed by atoms with E-state index in [9.17, 15) is 14.4 Å². The van der Waals surface area contributed by atoms with Crippen LogP contribution in [0.15, 0.2) is 59.4 Å². The molecule has 0 aliphatic rings. The van der Waals surface area contributed by atoms with E-state index in [0.717, 1.165) is 0 Å². The van der Waals surface area contributed by atoms with E-state index in [1.54, 1.807) is 55.1 Å². The third-order valence-corrected chi connectivity index (χ3v) is 4.86. The summed E-state index contributed by atoms with van der Waals surface area (Å²) >= 11 is 0. The normalized spacial score (nSPS) is 11.6. The fraction of sp³-hybridized carbons (Fsp3) is 0.261. The van der Waals surface area contributed by atoms with Gasteiger partial charge in [-0.2, -0.15) is 0 Å². The van der Waals surface area contributed by atoms with Gasteiger partial charge in [-0.1, -0.05) is 18.2 Å². The number of carbonyl (C=O) groups is 2. The molecule has 1 aromatic heterocycles. The highest BCUT2D eigenvalue weighted by molar-refractivity contribution is 5.97. The van der Waals surface area contributed by atoms with Crippen LogP contribution in [0.1, 0.15) is 29.9 Å². The maximum absolute atomic E-state index is 12.9. The van der Waals surface area contributed by atoms with Gasteiger partial charge in [-0.25, -0.2) is 9.48 Å². The van der Waals surface area contributed by atoms with Crippen molar-refractivity contribution in [1.29, 1.82) is 0 Å². The highest BCUT2D eigenvalue weighted by Crippen LogP contribution is 2.16. The molecule has 0 fully saturated rings. The molecule has 1 amide bonds. The summed E-state index contributed by atoms with van der Waals surface area (Å²) < 4.78 is 13.7. The third kappa shape index (κ3) is 4.69. The van der Waals surface area contributed by atoms with Crippen molar-refractivity contribution in [3.63, 3.8) is 0 Å². The fourth-order valence-corrected chi connectivity index (χ4v) is 3.07. The number of amides is 1. The molecular formula is C23H25N3O5. The Balaban J connectivity index is 1.73. The minimum atomic E-state index is -1.09. The third-order valence-electron chi connectivity index (χ3n) is 4.86. The summed E-state index contributed by atoms with van der Waals surface area (Å²) in [4.78, 5) is 37.9. The van der Waals surface area contributed by atoms with Gasteiger partial charge in [-0.05, 0) is 57.2 Å². The Labute approximate surface area is 180 Å². The van der Waals surface area contributed by atoms with E-state index < -0.39 is 18.0 Å². The number of ether oxygens (including phenoxy) is 2. The predicted molar refractivity (Wildman–Crippen MR) is 117 cm³/mol. The van der Waals surface area contributed by atoms with Crippen LogP contribution < -0.4 is 15.6 Å². The Hall–Kier alpha value is -3.81. The first-order valence-corrected chi connectivity index (χ1v) is 9.92. The fourth-order valence-electron chi connectivity index (χ4n) is 3.07. The van der Waals surface area contributed by atoms with Gasteiger partial charge < -0.3 is 14.8 Å². The van der Waals surface area contributed by atoms with Crippen LogP contribution in [0.25, 0.3) is 5.69 Å². The number of carbonyl (C=O) groups excluding carboxylic acids is 2. The number of aromatic nitrogens is 2. The summed E-state index contributed by atoms with van der Waals surface area (Å²) in [6.07, 6.45) is -1.09. The Morgan fingerprint density at radius 3 is 2.32 bits per heavy atom. The molecule has 0 unspecified atom stereocenters. The second-order valence-electron chi connectivity index (χ2n) is 6.93. The molecule has 8 nitrogen and oxygen atoms in total. The van der Waals surface area contributed by atoms with E-state index in [0.29, 0.717) is 29.3 Å². The second-order valence-corrected chi connectivity index (χ2v) is 6.93. The van der Waals surface area contributed by atoms with E-state index in [1.807, 2.05) is 25.1 Å². The zero-order valence-corrected chi connectivity index (χ0v) is 17.9. The molecule has 162 valence electrons. The highest BCUT2D eigenvalue weighted by atomic mass is 16.5. The number of benzene rings is 2. The molecule has 3 rings (SSSR count). The van der Waals surface area contributed by atoms with Crippen LogP contribution in [-0.2, 0) is 16.6 Å². The van der Waals surface area contributed by atoms with Crippen molar-refractivity contribution in [2.75, 3.05) is 11.9 Å². The summed E-state index contributed by atoms with van der Waals surface area (Å²) in [5.41, 5.74) is 1.32. The van der Waals surface area contributed by atoms with E-state index in [4.69, 9.17) is 9.47 Å². The molecule has 2 aromatic carbocycles. The molecule has 0 spiro atoms. The molecule has 0 saturated carbocycles. The van der Waals surface area contributed by atoms with Gasteiger partial charge in [0.15, 0.2) is 6.10 Å². The molecule has 0 radical (unpaired) electrons. The topological polar surface area (TPSA) is 91.6 Å². The minimum Gasteiger partial charge on any atom is -0.494 e. The lowest BCUT2D eigenvalue weighted by molar-refractivity contribution is -0.123. The van der Waals surface area contributed by atoms with Gasteiger partial charge in [-0.3, -0.25) is 14.3 Å². The summed E-state index contributed by atoms with van der Waals surface area (Å²) in [6.45, 7) is 5.57. The Morgan fingerprint density at radius 1 is 1.06 bits per heavy atom. The lowest BCUT2D eigenvalue weighted by atomic mass is 10.2. The van der Waals surface area contributed by atoms with E-state index in [2.05, 4.69) is 5.32 Å². The van der Waals surface area contributed by atoms with Gasteiger partial charge in [0, 0.05) is 7.05 Å². The molecule has 0 saturated heterocycles. The number of hydrogen-bond acceptors (Lipinski definition) is 5. The number of hydrogen-bond donors (Lipinski definition) is 1. The first-order valence-electron chi connectivity index (χ1n) is 9.92. The second kappa shape index (κ2) is 9.34. The van der Waals surface area contributed by atoms with E-state index in [-0.39, 0.29) is 11.2 Å². The van der Waals surface area contributed by atoms with Crippen molar-refractivity contribution in [2.24, 2.45) is 7.05 Å². The molecule has 1 heterocycles. The van der Waals surface area contributed by atoms with E-state index in [1.165, 1.54) is 11.6 Å². The van der Waals surface area contributed by atoms with Crippen LogP contribution in [0.3, 0.4) is 0 Å². The standard InChI is InChI=1S/C23H25N3O5/c1-5-30-19-13-11-17(12-14-19)23(29)31-16(3)21(27)24-20-15(2)25(4)26(22(20)28)18-9-7-6-8-10-18/h6-14,16H,5H2,1-4H3,(H,24,27)/t16-/m1/s1. The van der Waals surface area contributed by atoms with Crippen LogP contribution in [-0.4, -0.2) is 34.0 Å². The lowest BCUT2D eigenvalue weighted by Crippen LogP contribution is -2.32. The number of nitrogens with one attached hydrogen (secondary N) is 1. The van der Waals surface area contributed by atoms with Crippen LogP contribution >= 0.6 is 0 Å². The average Bonchev–Trinajstić information content (AvgIpc) is 2.98. The Bertz CT molecular complexity index is 1130. The molecule has 0 aliphatic carbocycles. The summed E-state index contributed by atoms with van der Waals surface area (Å²) in [6, 6.07) is 15.5. The van der Waals surface area contributed by atoms with Crippen molar-refractivity contribution < 1.29 is 19.1 Å². The average molecular weight is 423 g/mol. The first kappa shape index (κ1) is 21.9. The number of para-hydroxylation sites is 1. The summed E-state index contributed by atoms with van der Waals surface area (Å²) in [5, 5.41) is 2.60. The molecule has 3 aromatic rings.